The normalized spacial score (nSPS) is 19.4. The van der Waals surface area contributed by atoms with Crippen molar-refractivity contribution in [2.75, 3.05) is 13.7 Å². The van der Waals surface area contributed by atoms with Crippen LogP contribution < -0.4 is 0 Å². The van der Waals surface area contributed by atoms with E-state index in [1.807, 2.05) is 17.0 Å². The summed E-state index contributed by atoms with van der Waals surface area (Å²) in [6, 6.07) is 17.9. The SMILES string of the molecule is CO.O=C(O)c1ccc(CCN2C(=O)CCC2/C=C/CC2(c3ccccc3)CCC2)cc1. The first-order valence-electron chi connectivity index (χ1n) is 11.4. The largest absolute Gasteiger partial charge is 0.478 e. The summed E-state index contributed by atoms with van der Waals surface area (Å²) in [4.78, 5) is 25.4. The Morgan fingerprint density at radius 3 is 2.38 bits per heavy atom. The summed E-state index contributed by atoms with van der Waals surface area (Å²) >= 11 is 0. The molecule has 1 saturated carbocycles. The van der Waals surface area contributed by atoms with E-state index in [1.165, 1.54) is 24.8 Å². The fraction of sp³-hybridized carbons (Fsp3) is 0.407. The van der Waals surface area contributed by atoms with Crippen molar-refractivity contribution in [3.8, 4) is 0 Å². The summed E-state index contributed by atoms with van der Waals surface area (Å²) in [6.45, 7) is 0.671. The molecule has 1 unspecified atom stereocenters. The zero-order valence-corrected chi connectivity index (χ0v) is 18.7. The number of hydrogen-bond donors (Lipinski definition) is 2. The summed E-state index contributed by atoms with van der Waals surface area (Å²) in [5.74, 6) is -0.700. The Morgan fingerprint density at radius 1 is 1.09 bits per heavy atom. The molecule has 5 nitrogen and oxygen atoms in total. The highest BCUT2D eigenvalue weighted by atomic mass is 16.4. The van der Waals surface area contributed by atoms with Gasteiger partial charge in [-0.25, -0.2) is 4.79 Å². The van der Waals surface area contributed by atoms with Crippen LogP contribution in [0.5, 0.6) is 0 Å². The molecule has 1 aliphatic heterocycles. The number of carboxylic acids is 1. The average molecular weight is 436 g/mol. The minimum atomic E-state index is -0.916. The first kappa shape index (κ1) is 23.7. The number of aromatic carboxylic acids is 1. The van der Waals surface area contributed by atoms with Gasteiger partial charge in [0.2, 0.25) is 5.91 Å². The molecule has 1 atom stereocenters. The molecule has 1 heterocycles. The predicted octanol–water partition coefficient (Wildman–Crippen LogP) is 4.60. The van der Waals surface area contributed by atoms with Crippen LogP contribution in [0.2, 0.25) is 0 Å². The van der Waals surface area contributed by atoms with Crippen LogP contribution in [0, 0.1) is 0 Å². The Hall–Kier alpha value is -2.92. The third kappa shape index (κ3) is 5.46. The molecule has 2 aromatic carbocycles. The highest BCUT2D eigenvalue weighted by Gasteiger charge is 2.37. The average Bonchev–Trinajstić information content (AvgIpc) is 3.15. The van der Waals surface area contributed by atoms with Crippen molar-refractivity contribution in [2.45, 2.75) is 56.4 Å². The van der Waals surface area contributed by atoms with Crippen molar-refractivity contribution in [3.05, 3.63) is 83.4 Å². The summed E-state index contributed by atoms with van der Waals surface area (Å²) in [7, 11) is 1.00. The van der Waals surface area contributed by atoms with E-state index in [2.05, 4.69) is 42.5 Å². The van der Waals surface area contributed by atoms with Crippen molar-refractivity contribution < 1.29 is 19.8 Å². The summed E-state index contributed by atoms with van der Waals surface area (Å²) in [6.07, 6.45) is 11.6. The summed E-state index contributed by atoms with van der Waals surface area (Å²) < 4.78 is 0. The fourth-order valence-electron chi connectivity index (χ4n) is 4.77. The molecule has 5 heteroatoms. The second-order valence-electron chi connectivity index (χ2n) is 8.58. The number of carbonyl (C=O) groups is 2. The number of allylic oxidation sites excluding steroid dienone is 1. The molecule has 0 spiro atoms. The van der Waals surface area contributed by atoms with E-state index in [9.17, 15) is 9.59 Å². The standard InChI is InChI=1S/C26H29NO3.CH4O/c28-24-14-13-23(27(24)19-15-20-9-11-21(12-10-20)25(29)30)8-4-16-26(17-5-18-26)22-6-2-1-3-7-22;1-2/h1-4,6-12,23H,5,13-19H2,(H,29,30);2H,1H3/b8-4+;. The van der Waals surface area contributed by atoms with Crippen LogP contribution in [-0.4, -0.2) is 46.7 Å². The lowest BCUT2D eigenvalue weighted by molar-refractivity contribution is -0.128. The molecule has 1 amide bonds. The molecule has 0 bridgehead atoms. The second-order valence-corrected chi connectivity index (χ2v) is 8.58. The molecular formula is C27H33NO4. The number of hydrogen-bond acceptors (Lipinski definition) is 3. The van der Waals surface area contributed by atoms with Gasteiger partial charge < -0.3 is 15.1 Å². The first-order valence-corrected chi connectivity index (χ1v) is 11.4. The van der Waals surface area contributed by atoms with Crippen LogP contribution in [0.4, 0.5) is 0 Å². The van der Waals surface area contributed by atoms with Crippen molar-refractivity contribution in [1.82, 2.24) is 4.90 Å². The topological polar surface area (TPSA) is 77.8 Å². The molecular weight excluding hydrogens is 402 g/mol. The van der Waals surface area contributed by atoms with Crippen LogP contribution in [0.15, 0.2) is 66.7 Å². The van der Waals surface area contributed by atoms with Crippen molar-refractivity contribution in [3.63, 3.8) is 0 Å². The van der Waals surface area contributed by atoms with E-state index < -0.39 is 5.97 Å². The Bertz CT molecular complexity index is 916. The maximum absolute atomic E-state index is 12.4. The molecule has 1 aliphatic carbocycles. The van der Waals surface area contributed by atoms with Gasteiger partial charge in [-0.1, -0.05) is 61.0 Å². The molecule has 32 heavy (non-hydrogen) atoms. The maximum Gasteiger partial charge on any atom is 0.335 e. The lowest BCUT2D eigenvalue weighted by Crippen LogP contribution is -2.35. The van der Waals surface area contributed by atoms with Crippen LogP contribution >= 0.6 is 0 Å². The fourth-order valence-corrected chi connectivity index (χ4v) is 4.77. The van der Waals surface area contributed by atoms with Gasteiger partial charge >= 0.3 is 5.97 Å². The van der Waals surface area contributed by atoms with Gasteiger partial charge in [0.1, 0.15) is 0 Å². The number of aliphatic hydroxyl groups is 1. The van der Waals surface area contributed by atoms with Gasteiger partial charge in [-0.05, 0) is 60.8 Å². The Morgan fingerprint density at radius 2 is 1.78 bits per heavy atom. The molecule has 4 rings (SSSR count). The van der Waals surface area contributed by atoms with E-state index >= 15 is 0 Å². The van der Waals surface area contributed by atoms with Crippen LogP contribution in [0.25, 0.3) is 0 Å². The quantitative estimate of drug-likeness (QED) is 0.594. The molecule has 2 fully saturated rings. The molecule has 1 saturated heterocycles. The highest BCUT2D eigenvalue weighted by molar-refractivity contribution is 5.87. The predicted molar refractivity (Wildman–Crippen MR) is 126 cm³/mol. The number of likely N-dealkylation sites (tertiary alicyclic amines) is 1. The molecule has 170 valence electrons. The lowest BCUT2D eigenvalue weighted by Gasteiger charge is -2.42. The summed E-state index contributed by atoms with van der Waals surface area (Å²) in [5, 5.41) is 16.0. The molecule has 2 aliphatic rings. The third-order valence-corrected chi connectivity index (χ3v) is 6.78. The minimum absolute atomic E-state index is 0.170. The van der Waals surface area contributed by atoms with E-state index in [0.29, 0.717) is 18.5 Å². The minimum Gasteiger partial charge on any atom is -0.478 e. The van der Waals surface area contributed by atoms with E-state index in [-0.39, 0.29) is 17.4 Å². The highest BCUT2D eigenvalue weighted by Crippen LogP contribution is 2.46. The van der Waals surface area contributed by atoms with Gasteiger partial charge in [0.15, 0.2) is 0 Å². The first-order chi connectivity index (χ1) is 15.6. The van der Waals surface area contributed by atoms with Crippen LogP contribution in [0.3, 0.4) is 0 Å². The van der Waals surface area contributed by atoms with Gasteiger partial charge in [-0.2, -0.15) is 0 Å². The smallest absolute Gasteiger partial charge is 0.335 e. The summed E-state index contributed by atoms with van der Waals surface area (Å²) in [5.41, 5.74) is 3.06. The Labute approximate surface area is 190 Å². The molecule has 0 aromatic heterocycles. The van der Waals surface area contributed by atoms with Crippen molar-refractivity contribution in [1.29, 1.82) is 0 Å². The number of aliphatic hydroxyl groups excluding tert-OH is 1. The van der Waals surface area contributed by atoms with Crippen molar-refractivity contribution in [2.24, 2.45) is 0 Å². The zero-order chi connectivity index (χ0) is 23.0. The maximum atomic E-state index is 12.4. The Kier molecular flexibility index (Phi) is 8.23. The third-order valence-electron chi connectivity index (χ3n) is 6.78. The number of benzene rings is 2. The van der Waals surface area contributed by atoms with Crippen LogP contribution in [-0.2, 0) is 16.6 Å². The van der Waals surface area contributed by atoms with Crippen molar-refractivity contribution >= 4 is 11.9 Å². The van der Waals surface area contributed by atoms with E-state index in [4.69, 9.17) is 10.2 Å². The second kappa shape index (κ2) is 11.1. The van der Waals surface area contributed by atoms with Gasteiger partial charge in [0.25, 0.3) is 0 Å². The molecule has 2 aromatic rings. The van der Waals surface area contributed by atoms with E-state index in [1.54, 1.807) is 12.1 Å². The van der Waals surface area contributed by atoms with Crippen LogP contribution in [0.1, 0.15) is 60.0 Å². The van der Waals surface area contributed by atoms with Gasteiger partial charge in [0, 0.05) is 20.1 Å². The Balaban J connectivity index is 0.00000141. The zero-order valence-electron chi connectivity index (χ0n) is 18.7. The van der Waals surface area contributed by atoms with Gasteiger partial charge in [0.05, 0.1) is 11.6 Å². The number of carbonyl (C=O) groups excluding carboxylic acids is 1. The number of rotatable bonds is 8. The number of nitrogens with zero attached hydrogens (tertiary/aromatic N) is 1. The monoisotopic (exact) mass is 435 g/mol. The van der Waals surface area contributed by atoms with E-state index in [0.717, 1.165) is 31.9 Å². The molecule has 0 radical (unpaired) electrons. The van der Waals surface area contributed by atoms with Gasteiger partial charge in [-0.3, -0.25) is 4.79 Å². The molecule has 2 N–H and O–H groups in total. The van der Waals surface area contributed by atoms with Gasteiger partial charge in [-0.15, -0.1) is 0 Å². The number of carboxylic acid groups (broad SMARTS) is 1. The lowest BCUT2D eigenvalue weighted by atomic mass is 9.62. The number of amides is 1.